The molecule has 0 amide bonds. The number of hydrogen-bond donors (Lipinski definition) is 0. The van der Waals surface area contributed by atoms with Crippen LogP contribution in [0.3, 0.4) is 0 Å². The van der Waals surface area contributed by atoms with E-state index in [0.717, 1.165) is 42.0 Å². The van der Waals surface area contributed by atoms with Crippen molar-refractivity contribution in [2.75, 3.05) is 13.2 Å². The molecule has 0 aliphatic carbocycles. The van der Waals surface area contributed by atoms with Gasteiger partial charge in [-0.2, -0.15) is 0 Å². The molecule has 0 N–H and O–H groups in total. The number of ether oxygens (including phenoxy) is 2. The van der Waals surface area contributed by atoms with Crippen LogP contribution >= 0.6 is 15.9 Å². The van der Waals surface area contributed by atoms with Crippen LogP contribution in [0.25, 0.3) is 0 Å². The topological polar surface area (TPSA) is 18.5 Å². The first-order valence-corrected chi connectivity index (χ1v) is 9.04. The molecule has 1 rings (SSSR count). The first-order chi connectivity index (χ1) is 10.3. The monoisotopic (exact) mass is 414 g/mol. The molecule has 0 saturated carbocycles. The molecule has 2 nitrogen and oxygen atoms in total. The van der Waals surface area contributed by atoms with Crippen molar-refractivity contribution in [1.29, 1.82) is 0 Å². The minimum atomic E-state index is 0. The maximum absolute atomic E-state index is 5.76. The van der Waals surface area contributed by atoms with Gasteiger partial charge in [-0.1, -0.05) is 68.3 Å². The van der Waals surface area contributed by atoms with E-state index in [1.807, 2.05) is 12.1 Å². The molecule has 0 spiro atoms. The normalized spacial score (nSPS) is 9.70. The van der Waals surface area contributed by atoms with Crippen molar-refractivity contribution < 1.29 is 21.9 Å². The standard InChI is InChI=1S/C18H28BrO2.ClH.Mg/c1-3-5-7-9-13-20-16-11-12-18(17(19)15-16)21-14-10-8-6-4-2;;/h12,15H,3-10,13-14H2,1-2H3;1H;/q-1;;+2/p-1. The van der Waals surface area contributed by atoms with Crippen LogP contribution in [0.15, 0.2) is 16.6 Å². The molecule has 0 bridgehead atoms. The minimum absolute atomic E-state index is 0. The van der Waals surface area contributed by atoms with Gasteiger partial charge in [-0.05, 0) is 17.3 Å². The van der Waals surface area contributed by atoms with Crippen LogP contribution in [0.4, 0.5) is 0 Å². The number of benzene rings is 1. The summed E-state index contributed by atoms with van der Waals surface area (Å²) in [6, 6.07) is 6.96. The predicted octanol–water partition coefficient (Wildman–Crippen LogP) is 2.79. The largest absolute Gasteiger partial charge is 2.00 e. The number of hydrogen-bond acceptors (Lipinski definition) is 2. The summed E-state index contributed by atoms with van der Waals surface area (Å²) < 4.78 is 12.4. The van der Waals surface area contributed by atoms with Crippen molar-refractivity contribution in [3.05, 3.63) is 22.7 Å². The Morgan fingerprint density at radius 3 is 2.00 bits per heavy atom. The van der Waals surface area contributed by atoms with Gasteiger partial charge >= 0.3 is 23.1 Å². The quantitative estimate of drug-likeness (QED) is 0.297. The van der Waals surface area contributed by atoms with Crippen LogP contribution in [0, 0.1) is 6.07 Å². The molecule has 5 heteroatoms. The van der Waals surface area contributed by atoms with Crippen molar-refractivity contribution in [3.8, 4) is 11.5 Å². The molecule has 0 heterocycles. The second-order valence-electron chi connectivity index (χ2n) is 5.33. The summed E-state index contributed by atoms with van der Waals surface area (Å²) in [6.45, 7) is 5.96. The zero-order valence-corrected chi connectivity index (χ0v) is 18.3. The Labute approximate surface area is 172 Å². The van der Waals surface area contributed by atoms with Crippen LogP contribution in [0.2, 0.25) is 0 Å². The van der Waals surface area contributed by atoms with Gasteiger partial charge in [0.05, 0.1) is 13.2 Å². The maximum atomic E-state index is 5.76. The molecule has 0 aliphatic rings. The van der Waals surface area contributed by atoms with Crippen LogP contribution in [0.5, 0.6) is 11.5 Å². The molecule has 128 valence electrons. The molecular formula is C18H28BrClMgO2. The van der Waals surface area contributed by atoms with Gasteiger partial charge in [0.25, 0.3) is 0 Å². The van der Waals surface area contributed by atoms with Gasteiger partial charge in [-0.15, -0.1) is 18.2 Å². The Kier molecular flexibility index (Phi) is 19.1. The Balaban J connectivity index is 0. The SMILES string of the molecule is CCCCCCOc1[c-]cc(OCCCCCC)c(Br)c1.[Cl-].[Mg+2]. The molecule has 1 aromatic rings. The Morgan fingerprint density at radius 1 is 0.913 bits per heavy atom. The Morgan fingerprint density at radius 2 is 1.48 bits per heavy atom. The molecule has 0 unspecified atom stereocenters. The zero-order valence-electron chi connectivity index (χ0n) is 14.5. The fraction of sp³-hybridized carbons (Fsp3) is 0.667. The van der Waals surface area contributed by atoms with Gasteiger partial charge in [0.1, 0.15) is 0 Å². The summed E-state index contributed by atoms with van der Waals surface area (Å²) in [5, 5.41) is 0. The second-order valence-corrected chi connectivity index (χ2v) is 6.18. The summed E-state index contributed by atoms with van der Waals surface area (Å²) in [5.41, 5.74) is 0. The van der Waals surface area contributed by atoms with E-state index < -0.39 is 0 Å². The molecule has 0 atom stereocenters. The van der Waals surface area contributed by atoms with Crippen molar-refractivity contribution in [3.63, 3.8) is 0 Å². The second kappa shape index (κ2) is 17.2. The van der Waals surface area contributed by atoms with Gasteiger partial charge in [-0.25, -0.2) is 0 Å². The van der Waals surface area contributed by atoms with Crippen LogP contribution in [-0.2, 0) is 0 Å². The maximum Gasteiger partial charge on any atom is 2.00 e. The van der Waals surface area contributed by atoms with Crippen molar-refractivity contribution in [1.82, 2.24) is 0 Å². The van der Waals surface area contributed by atoms with Gasteiger partial charge < -0.3 is 21.9 Å². The molecule has 0 fully saturated rings. The molecule has 23 heavy (non-hydrogen) atoms. The minimum Gasteiger partial charge on any atom is -1.00 e. The first-order valence-electron chi connectivity index (χ1n) is 8.24. The fourth-order valence-electron chi connectivity index (χ4n) is 2.05. The van der Waals surface area contributed by atoms with Crippen molar-refractivity contribution in [2.24, 2.45) is 0 Å². The van der Waals surface area contributed by atoms with E-state index in [1.54, 1.807) is 0 Å². The van der Waals surface area contributed by atoms with Crippen LogP contribution in [-0.4, -0.2) is 36.3 Å². The molecule has 0 saturated heterocycles. The predicted molar refractivity (Wildman–Crippen MR) is 98.0 cm³/mol. The van der Waals surface area contributed by atoms with Gasteiger partial charge in [0, 0.05) is 11.5 Å². The number of rotatable bonds is 12. The smallest absolute Gasteiger partial charge is 1.00 e. The molecule has 1 aromatic carbocycles. The third kappa shape index (κ3) is 12.4. The third-order valence-electron chi connectivity index (χ3n) is 3.35. The van der Waals surface area contributed by atoms with E-state index in [9.17, 15) is 0 Å². The fourth-order valence-corrected chi connectivity index (χ4v) is 2.49. The third-order valence-corrected chi connectivity index (χ3v) is 3.97. The average molecular weight is 416 g/mol. The summed E-state index contributed by atoms with van der Waals surface area (Å²) in [5.74, 6) is 1.64. The molecule has 0 radical (unpaired) electrons. The zero-order chi connectivity index (χ0) is 15.3. The van der Waals surface area contributed by atoms with E-state index in [1.165, 1.54) is 38.5 Å². The van der Waals surface area contributed by atoms with Crippen LogP contribution in [0.1, 0.15) is 65.2 Å². The van der Waals surface area contributed by atoms with Crippen LogP contribution < -0.4 is 21.9 Å². The summed E-state index contributed by atoms with van der Waals surface area (Å²) in [7, 11) is 0. The molecule has 0 aromatic heterocycles. The van der Waals surface area contributed by atoms with Crippen molar-refractivity contribution in [2.45, 2.75) is 65.2 Å². The summed E-state index contributed by atoms with van der Waals surface area (Å²) >= 11 is 3.54. The Hall–Kier alpha value is 0.356. The van der Waals surface area contributed by atoms with Gasteiger partial charge in [0.2, 0.25) is 0 Å². The molecular weight excluding hydrogens is 388 g/mol. The number of unbranched alkanes of at least 4 members (excludes halogenated alkanes) is 6. The van der Waals surface area contributed by atoms with E-state index in [-0.39, 0.29) is 35.5 Å². The first kappa shape index (κ1) is 25.6. The number of halogens is 2. The Bertz CT molecular complexity index is 391. The summed E-state index contributed by atoms with van der Waals surface area (Å²) in [4.78, 5) is 0. The summed E-state index contributed by atoms with van der Waals surface area (Å²) in [6.07, 6.45) is 9.74. The van der Waals surface area contributed by atoms with E-state index in [2.05, 4.69) is 35.8 Å². The van der Waals surface area contributed by atoms with Crippen molar-refractivity contribution >= 4 is 39.0 Å². The van der Waals surface area contributed by atoms with E-state index in [4.69, 9.17) is 9.47 Å². The average Bonchev–Trinajstić information content (AvgIpc) is 2.48. The van der Waals surface area contributed by atoms with Gasteiger partial charge in [0.15, 0.2) is 0 Å². The van der Waals surface area contributed by atoms with Gasteiger partial charge in [-0.3, -0.25) is 0 Å². The molecule has 0 aliphatic heterocycles. The van der Waals surface area contributed by atoms with E-state index in [0.29, 0.717) is 0 Å². The van der Waals surface area contributed by atoms with E-state index >= 15 is 0 Å².